The van der Waals surface area contributed by atoms with Gasteiger partial charge in [0.1, 0.15) is 11.2 Å². The lowest BCUT2D eigenvalue weighted by atomic mass is 9.87. The number of fused-ring (bicyclic) bond motifs is 1. The van der Waals surface area contributed by atoms with E-state index in [0.29, 0.717) is 5.96 Å². The molecule has 4 N–H and O–H groups in total. The summed E-state index contributed by atoms with van der Waals surface area (Å²) in [7, 11) is 1.87. The van der Waals surface area contributed by atoms with Gasteiger partial charge in [-0.05, 0) is 43.9 Å². The van der Waals surface area contributed by atoms with Crippen LogP contribution in [0, 0.1) is 0 Å². The summed E-state index contributed by atoms with van der Waals surface area (Å²) in [5.74, 6) is 0.656. The fraction of sp³-hybridized carbons (Fsp3) is 0.467. The van der Waals surface area contributed by atoms with E-state index in [1.54, 1.807) is 4.68 Å². The number of nitrogens with zero attached hydrogens (tertiary/aromatic N) is 6. The maximum absolute atomic E-state index is 6.23. The maximum atomic E-state index is 6.23. The van der Waals surface area contributed by atoms with Gasteiger partial charge in [-0.15, -0.1) is 5.10 Å². The number of anilines is 1. The van der Waals surface area contributed by atoms with Crippen LogP contribution in [-0.2, 0) is 7.05 Å². The molecule has 4 rings (SSSR count). The predicted molar refractivity (Wildman–Crippen MR) is 90.0 cm³/mol. The summed E-state index contributed by atoms with van der Waals surface area (Å²) in [6.45, 7) is 0. The molecule has 0 radical (unpaired) electrons. The average molecular weight is 312 g/mol. The summed E-state index contributed by atoms with van der Waals surface area (Å²) in [5.41, 5.74) is 14.4. The number of benzene rings is 1. The van der Waals surface area contributed by atoms with E-state index in [-0.39, 0.29) is 5.96 Å². The Hall–Kier alpha value is -2.64. The van der Waals surface area contributed by atoms with Crippen LogP contribution in [0.4, 0.5) is 5.69 Å². The molecular weight excluding hydrogens is 292 g/mol. The number of hydrogen-bond donors (Lipinski definition) is 2. The van der Waals surface area contributed by atoms with Crippen LogP contribution in [0.15, 0.2) is 28.2 Å². The topological polar surface area (TPSA) is 111 Å². The molecule has 120 valence electrons. The number of aromatic nitrogens is 3. The average Bonchev–Trinajstić information content (AvgIpc) is 2.88. The monoisotopic (exact) mass is 312 g/mol. The third-order valence-corrected chi connectivity index (χ3v) is 4.70. The quantitative estimate of drug-likeness (QED) is 0.818. The fourth-order valence-electron chi connectivity index (χ4n) is 3.66. The fourth-order valence-corrected chi connectivity index (χ4v) is 3.66. The van der Waals surface area contributed by atoms with Crippen LogP contribution in [-0.4, -0.2) is 32.6 Å². The molecule has 0 unspecified atom stereocenters. The van der Waals surface area contributed by atoms with Crippen LogP contribution in [0.5, 0.6) is 0 Å². The highest BCUT2D eigenvalue weighted by molar-refractivity contribution is 6.06. The Balaban J connectivity index is 1.84. The van der Waals surface area contributed by atoms with Crippen molar-refractivity contribution in [3.63, 3.8) is 0 Å². The van der Waals surface area contributed by atoms with Crippen LogP contribution >= 0.6 is 0 Å². The third-order valence-electron chi connectivity index (χ3n) is 4.70. The molecule has 0 bridgehead atoms. The molecule has 1 aliphatic heterocycles. The Kier molecular flexibility index (Phi) is 3.00. The first-order chi connectivity index (χ1) is 11.1. The lowest BCUT2D eigenvalue weighted by Gasteiger charge is -2.45. The van der Waals surface area contributed by atoms with Crippen molar-refractivity contribution in [1.82, 2.24) is 15.0 Å². The lowest BCUT2D eigenvalue weighted by Crippen LogP contribution is -2.58. The normalized spacial score (nSPS) is 20.7. The molecule has 23 heavy (non-hydrogen) atoms. The summed E-state index contributed by atoms with van der Waals surface area (Å²) in [4.78, 5) is 10.9. The SMILES string of the molecule is Cn1nnc2cc(N3C(N)=NC(N)=NC34CCCCC4)ccc21. The Morgan fingerprint density at radius 3 is 2.70 bits per heavy atom. The second-order valence-electron chi connectivity index (χ2n) is 6.20. The van der Waals surface area contributed by atoms with E-state index in [9.17, 15) is 0 Å². The largest absolute Gasteiger partial charge is 0.369 e. The van der Waals surface area contributed by atoms with Gasteiger partial charge >= 0.3 is 0 Å². The number of hydrogen-bond acceptors (Lipinski definition) is 7. The van der Waals surface area contributed by atoms with Crippen molar-refractivity contribution in [2.45, 2.75) is 37.8 Å². The minimum Gasteiger partial charge on any atom is -0.369 e. The van der Waals surface area contributed by atoms with Crippen molar-refractivity contribution in [1.29, 1.82) is 0 Å². The van der Waals surface area contributed by atoms with E-state index in [0.717, 1.165) is 42.4 Å². The zero-order valence-electron chi connectivity index (χ0n) is 13.1. The number of guanidine groups is 2. The van der Waals surface area contributed by atoms with E-state index >= 15 is 0 Å². The van der Waals surface area contributed by atoms with Crippen molar-refractivity contribution < 1.29 is 0 Å². The van der Waals surface area contributed by atoms with Gasteiger partial charge in [0.25, 0.3) is 0 Å². The van der Waals surface area contributed by atoms with Crippen LogP contribution in [0.25, 0.3) is 11.0 Å². The van der Waals surface area contributed by atoms with Crippen molar-refractivity contribution in [2.75, 3.05) is 4.90 Å². The second-order valence-corrected chi connectivity index (χ2v) is 6.20. The third kappa shape index (κ3) is 2.13. The Labute approximate surface area is 133 Å². The summed E-state index contributed by atoms with van der Waals surface area (Å²) in [6, 6.07) is 6.00. The number of rotatable bonds is 1. The van der Waals surface area contributed by atoms with Crippen molar-refractivity contribution in [2.24, 2.45) is 28.5 Å². The maximum Gasteiger partial charge on any atom is 0.220 e. The van der Waals surface area contributed by atoms with Gasteiger partial charge in [-0.3, -0.25) is 4.90 Å². The van der Waals surface area contributed by atoms with Gasteiger partial charge in [0.05, 0.1) is 5.52 Å². The molecule has 0 amide bonds. The molecule has 2 heterocycles. The zero-order valence-corrected chi connectivity index (χ0v) is 13.1. The van der Waals surface area contributed by atoms with Gasteiger partial charge in [0, 0.05) is 12.7 Å². The molecule has 8 heteroatoms. The van der Waals surface area contributed by atoms with Crippen LogP contribution in [0.1, 0.15) is 32.1 Å². The highest BCUT2D eigenvalue weighted by Gasteiger charge is 2.42. The highest BCUT2D eigenvalue weighted by atomic mass is 15.4. The molecule has 0 saturated heterocycles. The Morgan fingerprint density at radius 2 is 1.91 bits per heavy atom. The van der Waals surface area contributed by atoms with E-state index in [1.165, 1.54) is 6.42 Å². The van der Waals surface area contributed by atoms with Gasteiger partial charge < -0.3 is 11.5 Å². The molecule has 1 spiro atoms. The summed E-state index contributed by atoms with van der Waals surface area (Å²) >= 11 is 0. The highest BCUT2D eigenvalue weighted by Crippen LogP contribution is 2.39. The first-order valence-electron chi connectivity index (χ1n) is 7.88. The van der Waals surface area contributed by atoms with Gasteiger partial charge in [-0.25, -0.2) is 9.67 Å². The molecule has 1 aromatic heterocycles. The number of aryl methyl sites for hydroxylation is 1. The van der Waals surface area contributed by atoms with E-state index in [4.69, 9.17) is 11.5 Å². The van der Waals surface area contributed by atoms with Gasteiger partial charge in [0.2, 0.25) is 11.9 Å². The van der Waals surface area contributed by atoms with Crippen LogP contribution < -0.4 is 16.4 Å². The van der Waals surface area contributed by atoms with Crippen molar-refractivity contribution >= 4 is 28.6 Å². The predicted octanol–water partition coefficient (Wildman–Crippen LogP) is 1.08. The lowest BCUT2D eigenvalue weighted by molar-refractivity contribution is 0.305. The Morgan fingerprint density at radius 1 is 1.13 bits per heavy atom. The molecule has 1 fully saturated rings. The Bertz CT molecular complexity index is 812. The first-order valence-corrected chi connectivity index (χ1v) is 7.88. The van der Waals surface area contributed by atoms with Gasteiger partial charge in [-0.1, -0.05) is 11.6 Å². The van der Waals surface area contributed by atoms with Crippen molar-refractivity contribution in [3.05, 3.63) is 18.2 Å². The minimum absolute atomic E-state index is 0.265. The van der Waals surface area contributed by atoms with Crippen LogP contribution in [0.2, 0.25) is 0 Å². The molecule has 0 atom stereocenters. The second kappa shape index (κ2) is 4.94. The molecule has 1 aromatic carbocycles. The number of nitrogens with two attached hydrogens (primary N) is 2. The molecule has 1 saturated carbocycles. The van der Waals surface area contributed by atoms with Gasteiger partial charge in [-0.2, -0.15) is 4.99 Å². The first kappa shape index (κ1) is 14.0. The van der Waals surface area contributed by atoms with E-state index < -0.39 is 5.66 Å². The van der Waals surface area contributed by atoms with E-state index in [1.807, 2.05) is 30.1 Å². The molecule has 1 aliphatic carbocycles. The summed E-state index contributed by atoms with van der Waals surface area (Å²) < 4.78 is 1.75. The minimum atomic E-state index is -0.427. The molecular formula is C15H20N8. The number of aliphatic imine (C=N–C) groups is 2. The molecule has 8 nitrogen and oxygen atoms in total. The van der Waals surface area contributed by atoms with E-state index in [2.05, 4.69) is 20.3 Å². The van der Waals surface area contributed by atoms with Crippen molar-refractivity contribution in [3.8, 4) is 0 Å². The van der Waals surface area contributed by atoms with Crippen LogP contribution in [0.3, 0.4) is 0 Å². The molecule has 2 aliphatic rings. The zero-order chi connectivity index (χ0) is 16.0. The summed E-state index contributed by atoms with van der Waals surface area (Å²) in [5, 5.41) is 8.25. The summed E-state index contributed by atoms with van der Waals surface area (Å²) in [6.07, 6.45) is 5.26. The standard InChI is InChI=1S/C15H20N8/c1-22-12-6-5-10(9-11(12)20-21-22)23-14(17)18-13(16)19-15(23)7-3-2-4-8-15/h5-6,9H,2-4,7-8H2,1H3,(H4,16,17,18,19). The molecule has 2 aromatic rings. The smallest absolute Gasteiger partial charge is 0.220 e. The van der Waals surface area contributed by atoms with Gasteiger partial charge in [0.15, 0.2) is 0 Å².